The third kappa shape index (κ3) is 6.18. The van der Waals surface area contributed by atoms with Crippen molar-refractivity contribution in [3.63, 3.8) is 0 Å². The van der Waals surface area contributed by atoms with E-state index in [0.29, 0.717) is 33.0 Å². The monoisotopic (exact) mass is 472 g/mol. The van der Waals surface area contributed by atoms with Crippen molar-refractivity contribution in [2.45, 2.75) is 45.3 Å². The van der Waals surface area contributed by atoms with Crippen LogP contribution in [0.15, 0.2) is 42.0 Å². The first kappa shape index (κ1) is 24.0. The van der Waals surface area contributed by atoms with Crippen LogP contribution in [0.1, 0.15) is 43.7 Å². The van der Waals surface area contributed by atoms with Gasteiger partial charge in [-0.1, -0.05) is 55.1 Å². The maximum atomic E-state index is 12.7. The number of nitriles is 1. The lowest BCUT2D eigenvalue weighted by Gasteiger charge is -2.29. The molecular weight excluding hydrogens is 447 g/mol. The van der Waals surface area contributed by atoms with E-state index in [0.717, 1.165) is 24.8 Å². The summed E-state index contributed by atoms with van der Waals surface area (Å²) in [5.41, 5.74) is 1.53. The maximum absolute atomic E-state index is 12.7. The smallest absolute Gasteiger partial charge is 0.262 e. The zero-order valence-corrected chi connectivity index (χ0v) is 19.7. The van der Waals surface area contributed by atoms with Gasteiger partial charge >= 0.3 is 0 Å². The molecule has 0 heterocycles. The molecule has 5 nitrogen and oxygen atoms in total. The highest BCUT2D eigenvalue weighted by Gasteiger charge is 2.24. The largest absolute Gasteiger partial charge is 0.493 e. The molecule has 1 saturated carbocycles. The van der Waals surface area contributed by atoms with Crippen molar-refractivity contribution < 1.29 is 14.3 Å². The molecule has 32 heavy (non-hydrogen) atoms. The minimum Gasteiger partial charge on any atom is -0.493 e. The molecule has 1 amide bonds. The summed E-state index contributed by atoms with van der Waals surface area (Å²) in [6.45, 7) is 2.42. The Kier molecular flexibility index (Phi) is 8.44. The van der Waals surface area contributed by atoms with Gasteiger partial charge in [-0.2, -0.15) is 5.26 Å². The first-order valence-electron chi connectivity index (χ1n) is 10.6. The molecule has 0 unspecified atom stereocenters. The lowest BCUT2D eigenvalue weighted by Crippen LogP contribution is -2.41. The van der Waals surface area contributed by atoms with Crippen LogP contribution in [0.3, 0.4) is 0 Å². The Morgan fingerprint density at radius 2 is 1.94 bits per heavy atom. The molecule has 7 heteroatoms. The Hall–Kier alpha value is -2.68. The van der Waals surface area contributed by atoms with Gasteiger partial charge in [0.1, 0.15) is 18.2 Å². The number of carbonyl (C=O) groups is 1. The number of hydrogen-bond donors (Lipinski definition) is 1. The summed E-state index contributed by atoms with van der Waals surface area (Å²) >= 11 is 12.4. The second-order valence-corrected chi connectivity index (χ2v) is 8.80. The number of nitrogens with one attached hydrogen (secondary N) is 1. The van der Waals surface area contributed by atoms with Crippen molar-refractivity contribution in [3.05, 3.63) is 63.1 Å². The fourth-order valence-corrected chi connectivity index (χ4v) is 4.19. The molecule has 1 fully saturated rings. The van der Waals surface area contributed by atoms with Crippen molar-refractivity contribution in [2.75, 3.05) is 7.11 Å². The van der Waals surface area contributed by atoms with Crippen LogP contribution in [0, 0.1) is 17.2 Å². The number of nitrogens with zero attached hydrogens (tertiary/aromatic N) is 1. The first-order chi connectivity index (χ1) is 15.4. The second-order valence-electron chi connectivity index (χ2n) is 7.96. The number of methoxy groups -OCH3 is 1. The van der Waals surface area contributed by atoms with Crippen molar-refractivity contribution in [1.29, 1.82) is 5.26 Å². The van der Waals surface area contributed by atoms with E-state index in [1.165, 1.54) is 19.6 Å². The van der Waals surface area contributed by atoms with E-state index in [2.05, 4.69) is 12.2 Å². The van der Waals surface area contributed by atoms with Crippen LogP contribution in [0.4, 0.5) is 0 Å². The number of carbonyl (C=O) groups excluding carboxylic acids is 1. The highest BCUT2D eigenvalue weighted by molar-refractivity contribution is 6.32. The minimum absolute atomic E-state index is 0.0238. The van der Waals surface area contributed by atoms with E-state index in [-0.39, 0.29) is 24.1 Å². The van der Waals surface area contributed by atoms with E-state index < -0.39 is 0 Å². The van der Waals surface area contributed by atoms with Crippen LogP contribution in [0.5, 0.6) is 11.5 Å². The zero-order chi connectivity index (χ0) is 23.1. The van der Waals surface area contributed by atoms with Gasteiger partial charge in [0.25, 0.3) is 5.91 Å². The third-order valence-electron chi connectivity index (χ3n) is 5.65. The van der Waals surface area contributed by atoms with Gasteiger partial charge < -0.3 is 14.8 Å². The molecule has 0 saturated heterocycles. The van der Waals surface area contributed by atoms with E-state index >= 15 is 0 Å². The Labute approximate surface area is 198 Å². The number of hydrogen-bond acceptors (Lipinski definition) is 4. The van der Waals surface area contributed by atoms with Crippen LogP contribution in [-0.2, 0) is 11.4 Å². The molecule has 2 aromatic carbocycles. The summed E-state index contributed by atoms with van der Waals surface area (Å²) in [4.78, 5) is 12.7. The third-order valence-corrected chi connectivity index (χ3v) is 6.18. The number of benzene rings is 2. The normalized spacial score (nSPS) is 18.5. The molecular formula is C25H26Cl2N2O3. The average Bonchev–Trinajstić information content (AvgIpc) is 2.79. The summed E-state index contributed by atoms with van der Waals surface area (Å²) in [6.07, 6.45) is 5.80. The van der Waals surface area contributed by atoms with Crippen molar-refractivity contribution in [2.24, 2.45) is 5.92 Å². The summed E-state index contributed by atoms with van der Waals surface area (Å²) < 4.78 is 11.3. The molecule has 0 bridgehead atoms. The Morgan fingerprint density at radius 1 is 1.22 bits per heavy atom. The Balaban J connectivity index is 1.77. The summed E-state index contributed by atoms with van der Waals surface area (Å²) in [7, 11) is 1.51. The van der Waals surface area contributed by atoms with Gasteiger partial charge in [0.05, 0.1) is 12.1 Å². The summed E-state index contributed by atoms with van der Waals surface area (Å²) in [5, 5.41) is 13.5. The van der Waals surface area contributed by atoms with Gasteiger partial charge in [-0.15, -0.1) is 0 Å². The minimum atomic E-state index is -0.371. The SMILES string of the molecule is COc1cc(/C=C(\C#N)C(=O)N[C@@H]2CCCC[C@H]2C)cc(Cl)c1OCc1ccc(Cl)cc1. The molecule has 2 atom stereocenters. The van der Waals surface area contributed by atoms with Gasteiger partial charge in [-0.3, -0.25) is 4.79 Å². The van der Waals surface area contributed by atoms with Crippen LogP contribution in [0.2, 0.25) is 10.0 Å². The number of amides is 1. The zero-order valence-electron chi connectivity index (χ0n) is 18.2. The first-order valence-corrected chi connectivity index (χ1v) is 11.3. The van der Waals surface area contributed by atoms with Gasteiger partial charge in [0.2, 0.25) is 0 Å². The Bertz CT molecular complexity index is 1030. The summed E-state index contributed by atoms with van der Waals surface area (Å²) in [6, 6.07) is 12.7. The molecule has 2 aromatic rings. The van der Waals surface area contributed by atoms with E-state index in [1.807, 2.05) is 18.2 Å². The van der Waals surface area contributed by atoms with Crippen LogP contribution < -0.4 is 14.8 Å². The lowest BCUT2D eigenvalue weighted by atomic mass is 9.86. The highest BCUT2D eigenvalue weighted by Crippen LogP contribution is 2.37. The van der Waals surface area contributed by atoms with Crippen LogP contribution >= 0.6 is 23.2 Å². The predicted octanol–water partition coefficient (Wildman–Crippen LogP) is 6.18. The standard InChI is InChI=1S/C25H26Cl2N2O3/c1-16-5-3-4-6-22(16)29-25(30)19(14-28)11-18-12-21(27)24(23(13-18)31-2)32-15-17-7-9-20(26)10-8-17/h7-13,16,22H,3-6,15H2,1-2H3,(H,29,30)/b19-11+/t16-,22-/m1/s1. The van der Waals surface area contributed by atoms with Gasteiger partial charge in [-0.25, -0.2) is 0 Å². The van der Waals surface area contributed by atoms with E-state index in [9.17, 15) is 10.1 Å². The van der Waals surface area contributed by atoms with Crippen molar-refractivity contribution in [3.8, 4) is 17.6 Å². The summed E-state index contributed by atoms with van der Waals surface area (Å²) in [5.74, 6) is 0.834. The molecule has 0 aliphatic heterocycles. The molecule has 168 valence electrons. The molecule has 0 spiro atoms. The van der Waals surface area contributed by atoms with E-state index in [4.69, 9.17) is 32.7 Å². The lowest BCUT2D eigenvalue weighted by molar-refractivity contribution is -0.118. The Morgan fingerprint density at radius 3 is 2.59 bits per heavy atom. The fraction of sp³-hybridized carbons (Fsp3) is 0.360. The molecule has 3 rings (SSSR count). The van der Waals surface area contributed by atoms with Crippen LogP contribution in [0.25, 0.3) is 6.08 Å². The topological polar surface area (TPSA) is 71.3 Å². The molecule has 0 radical (unpaired) electrons. The van der Waals surface area contributed by atoms with Gasteiger partial charge in [-0.05, 0) is 60.2 Å². The van der Waals surface area contributed by atoms with E-state index in [1.54, 1.807) is 24.3 Å². The van der Waals surface area contributed by atoms with Crippen molar-refractivity contribution >= 4 is 35.2 Å². The fourth-order valence-electron chi connectivity index (χ4n) is 3.79. The maximum Gasteiger partial charge on any atom is 0.262 e. The van der Waals surface area contributed by atoms with Gasteiger partial charge in [0, 0.05) is 11.1 Å². The number of ether oxygens (including phenoxy) is 2. The quantitative estimate of drug-likeness (QED) is 0.385. The predicted molar refractivity (Wildman–Crippen MR) is 127 cm³/mol. The number of rotatable bonds is 7. The van der Waals surface area contributed by atoms with Crippen molar-refractivity contribution in [1.82, 2.24) is 5.32 Å². The molecule has 0 aromatic heterocycles. The van der Waals surface area contributed by atoms with Crippen LogP contribution in [-0.4, -0.2) is 19.1 Å². The molecule has 1 N–H and O–H groups in total. The highest BCUT2D eigenvalue weighted by atomic mass is 35.5. The van der Waals surface area contributed by atoms with Gasteiger partial charge in [0.15, 0.2) is 11.5 Å². The average molecular weight is 473 g/mol. The second kappa shape index (κ2) is 11.3. The molecule has 1 aliphatic carbocycles. The number of halogens is 2. The molecule has 1 aliphatic rings.